The molecule has 4 heteroatoms. The summed E-state index contributed by atoms with van der Waals surface area (Å²) in [5.41, 5.74) is 0.0801. The number of nitrogens with zero attached hydrogens (tertiary/aromatic N) is 2. The minimum absolute atomic E-state index is 0.0801. The highest BCUT2D eigenvalue weighted by molar-refractivity contribution is 4.84. The summed E-state index contributed by atoms with van der Waals surface area (Å²) < 4.78 is 5.69. The summed E-state index contributed by atoms with van der Waals surface area (Å²) in [7, 11) is 0. The number of aryl methyl sites for hydroxylation is 1. The van der Waals surface area contributed by atoms with Gasteiger partial charge < -0.3 is 9.73 Å². The van der Waals surface area contributed by atoms with E-state index in [1.807, 2.05) is 0 Å². The molecule has 2 rings (SSSR count). The van der Waals surface area contributed by atoms with Crippen molar-refractivity contribution in [1.82, 2.24) is 15.5 Å². The van der Waals surface area contributed by atoms with Gasteiger partial charge in [-0.2, -0.15) is 0 Å². The Morgan fingerprint density at radius 2 is 1.79 bits per heavy atom. The lowest BCUT2D eigenvalue weighted by molar-refractivity contribution is 0.322. The largest absolute Gasteiger partial charge is 0.424 e. The summed E-state index contributed by atoms with van der Waals surface area (Å²) in [6.07, 6.45) is 9.12. The first-order chi connectivity index (χ1) is 9.03. The van der Waals surface area contributed by atoms with Gasteiger partial charge in [-0.15, -0.1) is 10.2 Å². The fourth-order valence-electron chi connectivity index (χ4n) is 2.61. The second kappa shape index (κ2) is 6.51. The van der Waals surface area contributed by atoms with Crippen molar-refractivity contribution in [1.29, 1.82) is 0 Å². The third-order valence-corrected chi connectivity index (χ3v) is 3.77. The Kier molecular flexibility index (Phi) is 4.97. The molecule has 0 aromatic carbocycles. The van der Waals surface area contributed by atoms with Gasteiger partial charge in [-0.3, -0.25) is 0 Å². The van der Waals surface area contributed by atoms with Crippen molar-refractivity contribution in [2.75, 3.05) is 0 Å². The van der Waals surface area contributed by atoms with Gasteiger partial charge in [-0.1, -0.05) is 32.1 Å². The molecule has 1 fully saturated rings. The molecule has 0 atom stereocenters. The highest BCUT2D eigenvalue weighted by Crippen LogP contribution is 2.27. The van der Waals surface area contributed by atoms with Crippen LogP contribution in [0, 0.1) is 5.92 Å². The van der Waals surface area contributed by atoms with Crippen molar-refractivity contribution < 1.29 is 4.42 Å². The Labute approximate surface area is 116 Å². The maximum atomic E-state index is 5.69. The van der Waals surface area contributed by atoms with Crippen molar-refractivity contribution in [3.05, 3.63) is 11.8 Å². The summed E-state index contributed by atoms with van der Waals surface area (Å²) in [5.74, 6) is 2.38. The molecule has 1 aliphatic carbocycles. The van der Waals surface area contributed by atoms with Crippen molar-refractivity contribution in [2.45, 2.75) is 77.8 Å². The average Bonchev–Trinajstić information content (AvgIpc) is 2.82. The molecular formula is C15H27N3O. The fourth-order valence-corrected chi connectivity index (χ4v) is 2.61. The number of nitrogens with one attached hydrogen (secondary N) is 1. The van der Waals surface area contributed by atoms with Gasteiger partial charge in [0.25, 0.3) is 0 Å². The van der Waals surface area contributed by atoms with Gasteiger partial charge in [-0.05, 0) is 33.1 Å². The number of aromatic nitrogens is 2. The highest BCUT2D eigenvalue weighted by Gasteiger charge is 2.16. The van der Waals surface area contributed by atoms with E-state index >= 15 is 0 Å². The Morgan fingerprint density at radius 3 is 2.47 bits per heavy atom. The van der Waals surface area contributed by atoms with Crippen molar-refractivity contribution >= 4 is 0 Å². The molecule has 0 radical (unpaired) electrons. The molecule has 4 nitrogen and oxygen atoms in total. The minimum Gasteiger partial charge on any atom is -0.424 e. The van der Waals surface area contributed by atoms with Gasteiger partial charge in [-0.25, -0.2) is 0 Å². The molecule has 0 aliphatic heterocycles. The summed E-state index contributed by atoms with van der Waals surface area (Å²) in [6.45, 7) is 7.05. The van der Waals surface area contributed by atoms with Gasteiger partial charge in [0.15, 0.2) is 0 Å². The normalized spacial score (nSPS) is 17.8. The summed E-state index contributed by atoms with van der Waals surface area (Å²) in [5, 5.41) is 11.6. The van der Waals surface area contributed by atoms with Crippen LogP contribution in [0.15, 0.2) is 4.42 Å². The molecule has 1 heterocycles. The number of hydrogen-bond acceptors (Lipinski definition) is 4. The lowest BCUT2D eigenvalue weighted by Gasteiger charge is -2.20. The van der Waals surface area contributed by atoms with Crippen molar-refractivity contribution in [3.63, 3.8) is 0 Å². The fraction of sp³-hybridized carbons (Fsp3) is 0.867. The van der Waals surface area contributed by atoms with Crippen molar-refractivity contribution in [3.8, 4) is 0 Å². The lowest BCUT2D eigenvalue weighted by atomic mass is 9.86. The van der Waals surface area contributed by atoms with Crippen LogP contribution in [0.25, 0.3) is 0 Å². The molecule has 1 aromatic rings. The molecule has 0 amide bonds. The second-order valence-corrected chi connectivity index (χ2v) is 6.74. The summed E-state index contributed by atoms with van der Waals surface area (Å²) in [6, 6.07) is 0. The molecule has 0 spiro atoms. The maximum Gasteiger partial charge on any atom is 0.230 e. The number of hydrogen-bond donors (Lipinski definition) is 1. The van der Waals surface area contributed by atoms with Crippen LogP contribution >= 0.6 is 0 Å². The van der Waals surface area contributed by atoms with E-state index in [0.29, 0.717) is 12.4 Å². The van der Waals surface area contributed by atoms with Gasteiger partial charge in [0.05, 0.1) is 6.54 Å². The molecule has 19 heavy (non-hydrogen) atoms. The Bertz CT molecular complexity index is 375. The molecule has 1 aliphatic rings. The van der Waals surface area contributed by atoms with E-state index in [1.165, 1.54) is 38.5 Å². The smallest absolute Gasteiger partial charge is 0.230 e. The van der Waals surface area contributed by atoms with E-state index in [4.69, 9.17) is 4.42 Å². The van der Waals surface area contributed by atoms with E-state index in [9.17, 15) is 0 Å². The first-order valence-electron chi connectivity index (χ1n) is 7.59. The molecule has 0 bridgehead atoms. The van der Waals surface area contributed by atoms with Crippen LogP contribution in [0.5, 0.6) is 0 Å². The zero-order valence-corrected chi connectivity index (χ0v) is 12.5. The molecular weight excluding hydrogens is 238 g/mol. The summed E-state index contributed by atoms with van der Waals surface area (Å²) >= 11 is 0. The van der Waals surface area contributed by atoms with Crippen LogP contribution in [0.1, 0.15) is 71.1 Å². The Hall–Kier alpha value is -0.900. The molecule has 1 aromatic heterocycles. The highest BCUT2D eigenvalue weighted by atomic mass is 16.4. The summed E-state index contributed by atoms with van der Waals surface area (Å²) in [4.78, 5) is 0. The van der Waals surface area contributed by atoms with E-state index in [0.717, 1.165) is 18.2 Å². The van der Waals surface area contributed by atoms with Crippen LogP contribution in [0.4, 0.5) is 0 Å². The average molecular weight is 265 g/mol. The zero-order chi connectivity index (χ0) is 13.7. The van der Waals surface area contributed by atoms with Gasteiger partial charge >= 0.3 is 0 Å². The first-order valence-corrected chi connectivity index (χ1v) is 7.59. The van der Waals surface area contributed by atoms with Crippen LogP contribution in [-0.4, -0.2) is 15.7 Å². The molecule has 108 valence electrons. The first kappa shape index (κ1) is 14.5. The van der Waals surface area contributed by atoms with Gasteiger partial charge in [0.2, 0.25) is 11.8 Å². The van der Waals surface area contributed by atoms with Gasteiger partial charge in [0.1, 0.15) is 0 Å². The zero-order valence-electron chi connectivity index (χ0n) is 12.5. The molecule has 0 unspecified atom stereocenters. The second-order valence-electron chi connectivity index (χ2n) is 6.74. The molecule has 1 saturated carbocycles. The van der Waals surface area contributed by atoms with Crippen LogP contribution in [0.3, 0.4) is 0 Å². The predicted octanol–water partition coefficient (Wildman–Crippen LogP) is 3.47. The maximum absolute atomic E-state index is 5.69. The monoisotopic (exact) mass is 265 g/mol. The third kappa shape index (κ3) is 5.31. The Morgan fingerprint density at radius 1 is 1.11 bits per heavy atom. The van der Waals surface area contributed by atoms with Crippen LogP contribution in [-0.2, 0) is 13.0 Å². The van der Waals surface area contributed by atoms with Gasteiger partial charge in [0, 0.05) is 12.0 Å². The molecule has 1 N–H and O–H groups in total. The van der Waals surface area contributed by atoms with E-state index in [-0.39, 0.29) is 5.54 Å². The quantitative estimate of drug-likeness (QED) is 0.885. The Balaban J connectivity index is 1.74. The van der Waals surface area contributed by atoms with E-state index < -0.39 is 0 Å². The minimum atomic E-state index is 0.0801. The topological polar surface area (TPSA) is 51.0 Å². The molecule has 0 saturated heterocycles. The number of rotatable bonds is 5. The SMILES string of the molecule is CC(C)(C)NCc1nnc(CCC2CCCCC2)o1. The standard InChI is InChI=1S/C15H27N3O/c1-15(2,3)16-11-14-18-17-13(19-14)10-9-12-7-5-4-6-8-12/h12,16H,4-11H2,1-3H3. The third-order valence-electron chi connectivity index (χ3n) is 3.77. The van der Waals surface area contributed by atoms with E-state index in [1.54, 1.807) is 0 Å². The lowest BCUT2D eigenvalue weighted by Crippen LogP contribution is -2.35. The van der Waals surface area contributed by atoms with E-state index in [2.05, 4.69) is 36.3 Å². The van der Waals surface area contributed by atoms with Crippen molar-refractivity contribution in [2.24, 2.45) is 5.92 Å². The van der Waals surface area contributed by atoms with Crippen LogP contribution in [0.2, 0.25) is 0 Å². The van der Waals surface area contributed by atoms with Crippen LogP contribution < -0.4 is 5.32 Å². The predicted molar refractivity (Wildman–Crippen MR) is 75.8 cm³/mol.